The third-order valence-electron chi connectivity index (χ3n) is 3.23. The second kappa shape index (κ2) is 3.26. The molecule has 0 aliphatic heterocycles. The van der Waals surface area contributed by atoms with E-state index < -0.39 is 0 Å². The van der Waals surface area contributed by atoms with Crippen LogP contribution in [0.3, 0.4) is 0 Å². The lowest BCUT2D eigenvalue weighted by Gasteiger charge is -2.24. The third kappa shape index (κ3) is 1.49. The Morgan fingerprint density at radius 1 is 1.71 bits per heavy atom. The highest BCUT2D eigenvalue weighted by Crippen LogP contribution is 2.45. The van der Waals surface area contributed by atoms with Crippen LogP contribution in [0.25, 0.3) is 0 Å². The van der Waals surface area contributed by atoms with Crippen molar-refractivity contribution in [1.82, 2.24) is 0 Å². The average Bonchev–Trinajstić information content (AvgIpc) is 2.75. The van der Waals surface area contributed by atoms with Crippen LogP contribution in [-0.4, -0.2) is 11.6 Å². The minimum Gasteiger partial charge on any atom is -0.451 e. The van der Waals surface area contributed by atoms with Gasteiger partial charge in [-0.3, -0.25) is 0 Å². The standard InChI is InChI=1S/C12H16O2/c1-3-9(2)11(13)14-12-6-4-10(8-12)5-7-12/h4,6,10H,2-3,5,7-8H2,1H3. The van der Waals surface area contributed by atoms with Crippen LogP contribution < -0.4 is 0 Å². The van der Waals surface area contributed by atoms with Gasteiger partial charge in [0.25, 0.3) is 0 Å². The van der Waals surface area contributed by atoms with E-state index >= 15 is 0 Å². The number of carbonyl (C=O) groups excluding carboxylic acids is 1. The van der Waals surface area contributed by atoms with E-state index in [1.165, 1.54) is 0 Å². The normalized spacial score (nSPS) is 33.4. The molecule has 2 bridgehead atoms. The molecule has 0 saturated heterocycles. The molecule has 0 spiro atoms. The van der Waals surface area contributed by atoms with E-state index in [1.807, 2.05) is 6.92 Å². The van der Waals surface area contributed by atoms with Crippen molar-refractivity contribution in [1.29, 1.82) is 0 Å². The van der Waals surface area contributed by atoms with Crippen LogP contribution in [0.1, 0.15) is 32.6 Å². The number of carbonyl (C=O) groups is 1. The van der Waals surface area contributed by atoms with Gasteiger partial charge in [-0.2, -0.15) is 0 Å². The fourth-order valence-electron chi connectivity index (χ4n) is 2.23. The van der Waals surface area contributed by atoms with Gasteiger partial charge >= 0.3 is 5.97 Å². The Balaban J connectivity index is 2.01. The zero-order valence-corrected chi connectivity index (χ0v) is 8.58. The smallest absolute Gasteiger partial charge is 0.334 e. The Bertz CT molecular complexity index is 303. The number of rotatable bonds is 3. The van der Waals surface area contributed by atoms with Gasteiger partial charge in [-0.1, -0.05) is 19.6 Å². The van der Waals surface area contributed by atoms with Crippen molar-refractivity contribution in [2.24, 2.45) is 5.92 Å². The van der Waals surface area contributed by atoms with E-state index in [9.17, 15) is 4.79 Å². The molecule has 2 nitrogen and oxygen atoms in total. The minimum absolute atomic E-state index is 0.222. The highest BCUT2D eigenvalue weighted by Gasteiger charge is 2.43. The summed E-state index contributed by atoms with van der Waals surface area (Å²) in [5.41, 5.74) is 0.294. The molecule has 2 atom stereocenters. The summed E-state index contributed by atoms with van der Waals surface area (Å²) in [6.07, 6.45) is 8.02. The number of allylic oxidation sites excluding steroid dienone is 1. The largest absolute Gasteiger partial charge is 0.451 e. The van der Waals surface area contributed by atoms with Gasteiger partial charge in [0.2, 0.25) is 0 Å². The molecule has 0 aromatic rings. The zero-order chi connectivity index (χ0) is 10.2. The summed E-state index contributed by atoms with van der Waals surface area (Å²) in [6, 6.07) is 0. The van der Waals surface area contributed by atoms with Crippen LogP contribution in [0.4, 0.5) is 0 Å². The fourth-order valence-corrected chi connectivity index (χ4v) is 2.23. The highest BCUT2D eigenvalue weighted by atomic mass is 16.6. The molecule has 0 N–H and O–H groups in total. The van der Waals surface area contributed by atoms with E-state index in [4.69, 9.17) is 4.74 Å². The summed E-state index contributed by atoms with van der Waals surface area (Å²) in [7, 11) is 0. The van der Waals surface area contributed by atoms with Crippen molar-refractivity contribution < 1.29 is 9.53 Å². The SMILES string of the molecule is C=C(CC)C(=O)OC12C=CC(CC1)C2. The Morgan fingerprint density at radius 2 is 2.50 bits per heavy atom. The van der Waals surface area contributed by atoms with Gasteiger partial charge in [0.05, 0.1) is 0 Å². The lowest BCUT2D eigenvalue weighted by Crippen LogP contribution is -2.29. The van der Waals surface area contributed by atoms with Crippen molar-refractivity contribution in [2.75, 3.05) is 0 Å². The van der Waals surface area contributed by atoms with Crippen molar-refractivity contribution in [3.8, 4) is 0 Å². The van der Waals surface area contributed by atoms with Crippen LogP contribution in [0, 0.1) is 5.92 Å². The van der Waals surface area contributed by atoms with Gasteiger partial charge in [-0.05, 0) is 37.7 Å². The first-order chi connectivity index (χ1) is 6.65. The molecule has 2 rings (SSSR count). The second-order valence-corrected chi connectivity index (χ2v) is 4.27. The van der Waals surface area contributed by atoms with E-state index in [-0.39, 0.29) is 11.6 Å². The maximum atomic E-state index is 11.6. The summed E-state index contributed by atoms with van der Waals surface area (Å²) in [6.45, 7) is 5.62. The fraction of sp³-hybridized carbons (Fsp3) is 0.583. The monoisotopic (exact) mass is 192 g/mol. The van der Waals surface area contributed by atoms with Crippen molar-refractivity contribution >= 4 is 5.97 Å². The van der Waals surface area contributed by atoms with Crippen molar-refractivity contribution in [3.05, 3.63) is 24.3 Å². The van der Waals surface area contributed by atoms with Crippen LogP contribution in [0.15, 0.2) is 24.3 Å². The van der Waals surface area contributed by atoms with Crippen molar-refractivity contribution in [2.45, 2.75) is 38.2 Å². The predicted molar refractivity (Wildman–Crippen MR) is 54.7 cm³/mol. The number of esters is 1. The zero-order valence-electron chi connectivity index (χ0n) is 8.58. The predicted octanol–water partition coefficient (Wildman–Crippen LogP) is 2.60. The van der Waals surface area contributed by atoms with Gasteiger partial charge in [-0.25, -0.2) is 4.79 Å². The van der Waals surface area contributed by atoms with E-state index in [1.54, 1.807) is 0 Å². The molecule has 76 valence electrons. The summed E-state index contributed by atoms with van der Waals surface area (Å²) >= 11 is 0. The maximum Gasteiger partial charge on any atom is 0.334 e. The molecule has 0 amide bonds. The molecule has 14 heavy (non-hydrogen) atoms. The van der Waals surface area contributed by atoms with E-state index in [0.29, 0.717) is 17.9 Å². The first-order valence-corrected chi connectivity index (χ1v) is 5.26. The van der Waals surface area contributed by atoms with Crippen LogP contribution in [0.2, 0.25) is 0 Å². The molecule has 2 aliphatic carbocycles. The summed E-state index contributed by atoms with van der Waals surface area (Å²) in [5.74, 6) is 0.414. The lowest BCUT2D eigenvalue weighted by atomic mass is 10.0. The number of fused-ring (bicyclic) bond motifs is 2. The molecule has 0 radical (unpaired) electrons. The van der Waals surface area contributed by atoms with Crippen LogP contribution >= 0.6 is 0 Å². The molecular weight excluding hydrogens is 176 g/mol. The molecule has 2 unspecified atom stereocenters. The van der Waals surface area contributed by atoms with Gasteiger partial charge < -0.3 is 4.74 Å². The number of ether oxygens (including phenoxy) is 1. The van der Waals surface area contributed by atoms with Gasteiger partial charge in [0, 0.05) is 5.57 Å². The Morgan fingerprint density at radius 3 is 2.93 bits per heavy atom. The molecule has 2 heteroatoms. The van der Waals surface area contributed by atoms with E-state index in [2.05, 4.69) is 18.7 Å². The molecule has 1 saturated carbocycles. The quantitative estimate of drug-likeness (QED) is 0.390. The number of hydrogen-bond donors (Lipinski definition) is 0. The van der Waals surface area contributed by atoms with Gasteiger partial charge in [0.1, 0.15) is 5.60 Å². The lowest BCUT2D eigenvalue weighted by molar-refractivity contribution is -0.149. The van der Waals surface area contributed by atoms with E-state index in [0.717, 1.165) is 19.3 Å². The van der Waals surface area contributed by atoms with Crippen LogP contribution in [0.5, 0.6) is 0 Å². The summed E-state index contributed by atoms with van der Waals surface area (Å²) in [4.78, 5) is 11.6. The first kappa shape index (κ1) is 9.50. The topological polar surface area (TPSA) is 26.3 Å². The molecule has 0 aromatic carbocycles. The summed E-state index contributed by atoms with van der Waals surface area (Å²) in [5, 5.41) is 0. The molecular formula is C12H16O2. The number of hydrogen-bond acceptors (Lipinski definition) is 2. The Kier molecular flexibility index (Phi) is 2.22. The average molecular weight is 192 g/mol. The molecule has 1 fully saturated rings. The summed E-state index contributed by atoms with van der Waals surface area (Å²) < 4.78 is 5.52. The van der Waals surface area contributed by atoms with Crippen LogP contribution in [-0.2, 0) is 9.53 Å². The first-order valence-electron chi connectivity index (χ1n) is 5.26. The second-order valence-electron chi connectivity index (χ2n) is 4.27. The van der Waals surface area contributed by atoms with Gasteiger partial charge in [-0.15, -0.1) is 0 Å². The maximum absolute atomic E-state index is 11.6. The van der Waals surface area contributed by atoms with Crippen molar-refractivity contribution in [3.63, 3.8) is 0 Å². The Hall–Kier alpha value is -1.05. The van der Waals surface area contributed by atoms with Gasteiger partial charge in [0.15, 0.2) is 0 Å². The Labute approximate surface area is 84.6 Å². The molecule has 0 aromatic heterocycles. The minimum atomic E-state index is -0.278. The molecule has 0 heterocycles. The molecule has 2 aliphatic rings. The highest BCUT2D eigenvalue weighted by molar-refractivity contribution is 5.88. The third-order valence-corrected chi connectivity index (χ3v) is 3.23.